The molecule has 5 nitrogen and oxygen atoms in total. The number of carbonyl (C=O) groups is 2. The molecule has 1 N–H and O–H groups in total. The van der Waals surface area contributed by atoms with E-state index in [0.29, 0.717) is 31.8 Å². The normalized spacial score (nSPS) is 32.7. The van der Waals surface area contributed by atoms with Gasteiger partial charge in [0.2, 0.25) is 11.8 Å². The first-order valence-electron chi connectivity index (χ1n) is 11.0. The van der Waals surface area contributed by atoms with Gasteiger partial charge in [-0.1, -0.05) is 12.1 Å². The lowest BCUT2D eigenvalue weighted by molar-refractivity contribution is -0.158. The van der Waals surface area contributed by atoms with Crippen LogP contribution in [0.3, 0.4) is 0 Å². The molecule has 156 valence electrons. The van der Waals surface area contributed by atoms with Crippen molar-refractivity contribution in [1.82, 2.24) is 9.80 Å². The molecule has 0 spiro atoms. The fraction of sp³-hybridized carbons (Fsp3) is 0.652. The van der Waals surface area contributed by atoms with Crippen molar-refractivity contribution in [2.75, 3.05) is 19.7 Å². The Kier molecular flexibility index (Phi) is 4.65. The minimum atomic E-state index is -0.550. The Morgan fingerprint density at radius 3 is 2.76 bits per heavy atom. The molecular formula is C23H29FN2O3. The molecule has 2 amide bonds. The molecule has 3 saturated heterocycles. The number of likely N-dealkylation sites (tertiary alicyclic amines) is 1. The lowest BCUT2D eigenvalue weighted by Gasteiger charge is -2.57. The Morgan fingerprint density at radius 1 is 1.24 bits per heavy atom. The molecule has 1 saturated carbocycles. The Hall–Kier alpha value is -1.95. The van der Waals surface area contributed by atoms with Gasteiger partial charge in [-0.25, -0.2) is 4.39 Å². The predicted molar refractivity (Wildman–Crippen MR) is 105 cm³/mol. The van der Waals surface area contributed by atoms with Crippen molar-refractivity contribution in [3.8, 4) is 0 Å². The number of benzene rings is 1. The Bertz CT molecular complexity index is 824. The molecule has 5 rings (SSSR count). The van der Waals surface area contributed by atoms with Crippen LogP contribution >= 0.6 is 0 Å². The van der Waals surface area contributed by atoms with Gasteiger partial charge in [0.25, 0.3) is 0 Å². The van der Waals surface area contributed by atoms with E-state index in [2.05, 4.69) is 4.90 Å². The molecule has 0 aromatic heterocycles. The number of halogens is 1. The van der Waals surface area contributed by atoms with Gasteiger partial charge in [0.1, 0.15) is 5.82 Å². The highest BCUT2D eigenvalue weighted by molar-refractivity contribution is 5.85. The van der Waals surface area contributed by atoms with Gasteiger partial charge in [-0.2, -0.15) is 0 Å². The molecule has 4 aliphatic rings. The third-order valence-electron chi connectivity index (χ3n) is 7.73. The maximum absolute atomic E-state index is 13.8. The molecule has 2 bridgehead atoms. The molecule has 3 aliphatic heterocycles. The minimum absolute atomic E-state index is 0.00531. The van der Waals surface area contributed by atoms with Crippen molar-refractivity contribution in [3.63, 3.8) is 0 Å². The summed E-state index contributed by atoms with van der Waals surface area (Å²) in [4.78, 5) is 30.1. The summed E-state index contributed by atoms with van der Waals surface area (Å²) in [5, 5.41) is 9.72. The quantitative estimate of drug-likeness (QED) is 0.844. The standard InChI is InChI=1S/C23H29FN2O3/c24-18-4-1-3-15(9-18)10-20-17-11-16(19-5-2-6-21(28)26(19)20)12-25(13-17)22(29)23(14-27)7-8-23/h1,3-4,9,16-17,19-20,27H,2,5-8,10-14H2/t16-,17+,19+,20+/m1/s1. The van der Waals surface area contributed by atoms with Crippen LogP contribution in [0.15, 0.2) is 24.3 Å². The SMILES string of the molecule is O=C1CCC[C@H]2[C@@H]3C[C@@H](CN(C(=O)C4(CO)CC4)C3)[C@H](Cc3cccc(F)c3)N12. The summed E-state index contributed by atoms with van der Waals surface area (Å²) in [6, 6.07) is 6.83. The van der Waals surface area contributed by atoms with Gasteiger partial charge in [0, 0.05) is 31.6 Å². The summed E-state index contributed by atoms with van der Waals surface area (Å²) in [5.41, 5.74) is 0.356. The van der Waals surface area contributed by atoms with E-state index in [0.717, 1.165) is 37.7 Å². The summed E-state index contributed by atoms with van der Waals surface area (Å²) in [5.74, 6) is 0.562. The zero-order chi connectivity index (χ0) is 20.2. The molecule has 1 aromatic rings. The lowest BCUT2D eigenvalue weighted by atomic mass is 9.70. The van der Waals surface area contributed by atoms with Crippen molar-refractivity contribution in [3.05, 3.63) is 35.6 Å². The summed E-state index contributed by atoms with van der Waals surface area (Å²) < 4.78 is 13.8. The van der Waals surface area contributed by atoms with Crippen LogP contribution in [0.5, 0.6) is 0 Å². The molecule has 1 aliphatic carbocycles. The van der Waals surface area contributed by atoms with Gasteiger partial charge in [-0.3, -0.25) is 9.59 Å². The number of aliphatic hydroxyl groups is 1. The van der Waals surface area contributed by atoms with Crippen LogP contribution in [0.4, 0.5) is 4.39 Å². The van der Waals surface area contributed by atoms with E-state index in [9.17, 15) is 19.1 Å². The van der Waals surface area contributed by atoms with Gasteiger partial charge in [0.05, 0.1) is 12.0 Å². The third-order valence-corrected chi connectivity index (χ3v) is 7.73. The maximum Gasteiger partial charge on any atom is 0.231 e. The van der Waals surface area contributed by atoms with Crippen LogP contribution in [0.2, 0.25) is 0 Å². The molecular weight excluding hydrogens is 371 g/mol. The Balaban J connectivity index is 1.44. The first-order valence-corrected chi connectivity index (χ1v) is 11.0. The number of amides is 2. The Labute approximate surface area is 170 Å². The predicted octanol–water partition coefficient (Wildman–Crippen LogP) is 2.37. The largest absolute Gasteiger partial charge is 0.395 e. The molecule has 6 heteroatoms. The summed E-state index contributed by atoms with van der Waals surface area (Å²) >= 11 is 0. The molecule has 0 radical (unpaired) electrons. The van der Waals surface area contributed by atoms with Crippen LogP contribution < -0.4 is 0 Å². The van der Waals surface area contributed by atoms with E-state index < -0.39 is 5.41 Å². The van der Waals surface area contributed by atoms with Crippen LogP contribution in [-0.2, 0) is 16.0 Å². The smallest absolute Gasteiger partial charge is 0.231 e. The maximum atomic E-state index is 13.8. The number of rotatable bonds is 4. The first kappa shape index (κ1) is 19.0. The van der Waals surface area contributed by atoms with E-state index in [1.165, 1.54) is 6.07 Å². The number of fused-ring (bicyclic) bond motifs is 4. The van der Waals surface area contributed by atoms with Gasteiger partial charge in [-0.05, 0) is 68.1 Å². The molecule has 3 heterocycles. The topological polar surface area (TPSA) is 60.9 Å². The van der Waals surface area contributed by atoms with Gasteiger partial charge >= 0.3 is 0 Å². The second-order valence-electron chi connectivity index (χ2n) is 9.57. The number of piperidine rings is 3. The van der Waals surface area contributed by atoms with Crippen LogP contribution in [-0.4, -0.2) is 58.5 Å². The van der Waals surface area contributed by atoms with E-state index in [1.54, 1.807) is 12.1 Å². The number of carbonyl (C=O) groups excluding carboxylic acids is 2. The van der Waals surface area contributed by atoms with Crippen molar-refractivity contribution >= 4 is 11.8 Å². The van der Waals surface area contributed by atoms with Gasteiger partial charge in [0.15, 0.2) is 0 Å². The van der Waals surface area contributed by atoms with Crippen molar-refractivity contribution in [2.45, 2.75) is 57.0 Å². The zero-order valence-corrected chi connectivity index (χ0v) is 16.7. The number of aliphatic hydroxyl groups excluding tert-OH is 1. The average Bonchev–Trinajstić information content (AvgIpc) is 3.52. The summed E-state index contributed by atoms with van der Waals surface area (Å²) in [7, 11) is 0. The second-order valence-corrected chi connectivity index (χ2v) is 9.57. The van der Waals surface area contributed by atoms with Crippen LogP contribution in [0, 0.1) is 23.1 Å². The highest BCUT2D eigenvalue weighted by Crippen LogP contribution is 2.49. The molecule has 0 unspecified atom stereocenters. The molecule has 29 heavy (non-hydrogen) atoms. The van der Waals surface area contributed by atoms with E-state index in [4.69, 9.17) is 0 Å². The second kappa shape index (κ2) is 7.08. The monoisotopic (exact) mass is 400 g/mol. The van der Waals surface area contributed by atoms with Crippen LogP contribution in [0.1, 0.15) is 44.1 Å². The molecule has 4 fully saturated rings. The fourth-order valence-electron chi connectivity index (χ4n) is 6.03. The number of hydrogen-bond donors (Lipinski definition) is 1. The van der Waals surface area contributed by atoms with E-state index in [1.807, 2.05) is 11.0 Å². The molecule has 4 atom stereocenters. The number of hydrogen-bond acceptors (Lipinski definition) is 3. The summed E-state index contributed by atoms with van der Waals surface area (Å²) in [6.45, 7) is 1.25. The summed E-state index contributed by atoms with van der Waals surface area (Å²) in [6.07, 6.45) is 5.67. The first-order chi connectivity index (χ1) is 14.0. The van der Waals surface area contributed by atoms with Crippen molar-refractivity contribution < 1.29 is 19.1 Å². The average molecular weight is 400 g/mol. The van der Waals surface area contributed by atoms with E-state index >= 15 is 0 Å². The zero-order valence-electron chi connectivity index (χ0n) is 16.7. The highest BCUT2D eigenvalue weighted by atomic mass is 19.1. The minimum Gasteiger partial charge on any atom is -0.395 e. The Morgan fingerprint density at radius 2 is 2.03 bits per heavy atom. The van der Waals surface area contributed by atoms with Crippen molar-refractivity contribution in [2.24, 2.45) is 17.3 Å². The lowest BCUT2D eigenvalue weighted by Crippen LogP contribution is -2.66. The van der Waals surface area contributed by atoms with Crippen LogP contribution in [0.25, 0.3) is 0 Å². The van der Waals surface area contributed by atoms with Gasteiger partial charge < -0.3 is 14.9 Å². The number of nitrogens with zero attached hydrogens (tertiary/aromatic N) is 2. The van der Waals surface area contributed by atoms with Crippen molar-refractivity contribution in [1.29, 1.82) is 0 Å². The van der Waals surface area contributed by atoms with Gasteiger partial charge in [-0.15, -0.1) is 0 Å². The fourth-order valence-corrected chi connectivity index (χ4v) is 6.03. The molecule has 1 aromatic carbocycles. The third kappa shape index (κ3) is 3.25. The van der Waals surface area contributed by atoms with E-state index in [-0.39, 0.29) is 42.2 Å². The highest BCUT2D eigenvalue weighted by Gasteiger charge is 2.55.